The van der Waals surface area contributed by atoms with Crippen LogP contribution in [0.25, 0.3) is 0 Å². The molecule has 1 saturated carbocycles. The Hall–Kier alpha value is -1.55. The number of rotatable bonds is 7. The number of halogens is 4. The molecule has 2 unspecified atom stereocenters. The highest BCUT2D eigenvalue weighted by Crippen LogP contribution is 2.45. The smallest absolute Gasteiger partial charge is 0.366 e. The fourth-order valence-electron chi connectivity index (χ4n) is 3.38. The lowest BCUT2D eigenvalue weighted by Crippen LogP contribution is -2.15. The third kappa shape index (κ3) is 5.78. The van der Waals surface area contributed by atoms with Gasteiger partial charge in [0.15, 0.2) is 0 Å². The average Bonchev–Trinajstić information content (AvgIpc) is 3.50. The maximum Gasteiger partial charge on any atom is 0.416 e. The Morgan fingerprint density at radius 1 is 1.27 bits per heavy atom. The van der Waals surface area contributed by atoms with Crippen LogP contribution in [0.1, 0.15) is 63.5 Å². The van der Waals surface area contributed by atoms with Crippen LogP contribution in [-0.4, -0.2) is 14.9 Å². The summed E-state index contributed by atoms with van der Waals surface area (Å²) in [5.41, 5.74) is 7.79. The van der Waals surface area contributed by atoms with Crippen molar-refractivity contribution >= 4 is 45.3 Å². The van der Waals surface area contributed by atoms with Crippen molar-refractivity contribution < 1.29 is 18.0 Å². The topological polar surface area (TPSA) is 66.9 Å². The van der Waals surface area contributed by atoms with E-state index in [9.17, 15) is 18.0 Å². The molecule has 1 aliphatic rings. The number of benzene rings is 2. The van der Waals surface area contributed by atoms with Crippen molar-refractivity contribution in [3.63, 3.8) is 0 Å². The summed E-state index contributed by atoms with van der Waals surface area (Å²) in [7, 11) is 0. The molecule has 1 fully saturated rings. The van der Waals surface area contributed by atoms with Gasteiger partial charge in [-0.1, -0.05) is 59.8 Å². The highest BCUT2D eigenvalue weighted by Gasteiger charge is 2.31. The normalized spacial score (nSPS) is 16.2. The largest absolute Gasteiger partial charge is 0.416 e. The molecule has 2 aromatic carbocycles. The summed E-state index contributed by atoms with van der Waals surface area (Å²) in [5.74, 6) is -0.0837. The van der Waals surface area contributed by atoms with Gasteiger partial charge in [-0.05, 0) is 47.6 Å². The molecule has 160 valence electrons. The maximum absolute atomic E-state index is 12.9. The van der Waals surface area contributed by atoms with Crippen molar-refractivity contribution in [2.24, 2.45) is 5.73 Å². The number of carbonyl (C=O) groups is 1. The van der Waals surface area contributed by atoms with Crippen LogP contribution >= 0.6 is 34.4 Å². The second-order valence-corrected chi connectivity index (χ2v) is 10.7. The van der Waals surface area contributed by atoms with E-state index in [4.69, 9.17) is 11.1 Å². The zero-order valence-electron chi connectivity index (χ0n) is 16.3. The Morgan fingerprint density at radius 3 is 2.53 bits per heavy atom. The summed E-state index contributed by atoms with van der Waals surface area (Å²) >= 11 is 3.64. The Labute approximate surface area is 191 Å². The van der Waals surface area contributed by atoms with E-state index in [2.05, 4.69) is 22.6 Å². The highest BCUT2D eigenvalue weighted by molar-refractivity contribution is 14.1. The Kier molecular flexibility index (Phi) is 7.16. The highest BCUT2D eigenvalue weighted by atomic mass is 127. The molecular weight excluding hydrogens is 524 g/mol. The van der Waals surface area contributed by atoms with E-state index in [0.717, 1.165) is 36.1 Å². The second kappa shape index (κ2) is 9.30. The van der Waals surface area contributed by atoms with Gasteiger partial charge in [0.2, 0.25) is 5.91 Å². The molecule has 0 heterocycles. The number of nitrogens with one attached hydrogen (secondary N) is 1. The van der Waals surface area contributed by atoms with Gasteiger partial charge in [0.1, 0.15) is 0 Å². The average molecular weight is 546 g/mol. The number of alkyl halides is 4. The summed E-state index contributed by atoms with van der Waals surface area (Å²) in [5, 5.41) is 8.64. The first kappa shape index (κ1) is 23.1. The first-order chi connectivity index (χ1) is 14.1. The molecule has 0 bridgehead atoms. The third-order valence-corrected chi connectivity index (χ3v) is 7.56. The number of hydrogen-bond acceptors (Lipinski definition) is 3. The van der Waals surface area contributed by atoms with Crippen molar-refractivity contribution in [2.75, 3.05) is 0 Å². The van der Waals surface area contributed by atoms with Gasteiger partial charge in [0.25, 0.3) is 0 Å². The standard InChI is InChI=1S/C22H22F3IN2OS/c1-12(26)20(15-7-8-17(21(28)29)18(11-15)14-5-6-14)30-19(27)10-13-3-2-4-16(9-13)22(23,24)25/h2-4,7-9,11-12,14,20,27H,5-6,10H2,1H3,(H2,28,29). The van der Waals surface area contributed by atoms with Crippen molar-refractivity contribution in [3.8, 4) is 0 Å². The lowest BCUT2D eigenvalue weighted by Gasteiger charge is -2.22. The van der Waals surface area contributed by atoms with Gasteiger partial charge in [-0.2, -0.15) is 13.2 Å². The van der Waals surface area contributed by atoms with Crippen molar-refractivity contribution in [3.05, 3.63) is 70.3 Å². The van der Waals surface area contributed by atoms with Gasteiger partial charge in [-0.15, -0.1) is 11.8 Å². The van der Waals surface area contributed by atoms with Gasteiger partial charge in [-0.3, -0.25) is 10.2 Å². The minimum Gasteiger partial charge on any atom is -0.366 e. The minimum absolute atomic E-state index is 0.0525. The van der Waals surface area contributed by atoms with E-state index in [1.54, 1.807) is 12.1 Å². The molecule has 1 aliphatic carbocycles. The maximum atomic E-state index is 12.9. The van der Waals surface area contributed by atoms with Crippen LogP contribution in [0.5, 0.6) is 0 Å². The number of nitrogens with two attached hydrogens (primary N) is 1. The molecule has 0 radical (unpaired) electrons. The molecule has 30 heavy (non-hydrogen) atoms. The van der Waals surface area contributed by atoms with Crippen molar-refractivity contribution in [1.82, 2.24) is 0 Å². The Morgan fingerprint density at radius 2 is 1.97 bits per heavy atom. The molecule has 0 saturated heterocycles. The fourth-order valence-corrected chi connectivity index (χ4v) is 5.26. The zero-order valence-corrected chi connectivity index (χ0v) is 19.3. The van der Waals surface area contributed by atoms with E-state index in [1.165, 1.54) is 17.8 Å². The summed E-state index contributed by atoms with van der Waals surface area (Å²) in [6.45, 7) is 2.04. The number of hydrogen-bond donors (Lipinski definition) is 2. The fraction of sp³-hybridized carbons (Fsp3) is 0.364. The molecule has 3 N–H and O–H groups in total. The first-order valence-electron chi connectivity index (χ1n) is 9.54. The van der Waals surface area contributed by atoms with E-state index in [1.807, 2.05) is 19.1 Å². The van der Waals surface area contributed by atoms with Crippen molar-refractivity contribution in [1.29, 1.82) is 5.41 Å². The molecule has 1 amide bonds. The number of primary amides is 1. The predicted octanol–water partition coefficient (Wildman–Crippen LogP) is 6.50. The zero-order chi connectivity index (χ0) is 22.1. The molecular formula is C22H22F3IN2OS. The predicted molar refractivity (Wildman–Crippen MR) is 124 cm³/mol. The molecule has 0 aromatic heterocycles. The Bertz CT molecular complexity index is 958. The lowest BCUT2D eigenvalue weighted by atomic mass is 9.97. The quantitative estimate of drug-likeness (QED) is 0.180. The molecule has 0 aliphatic heterocycles. The summed E-state index contributed by atoms with van der Waals surface area (Å²) < 4.78 is 39.0. The van der Waals surface area contributed by atoms with Crippen LogP contribution in [0.2, 0.25) is 0 Å². The minimum atomic E-state index is -4.40. The SMILES string of the molecule is CC(I)C(SC(=N)Cc1cccc(C(F)(F)F)c1)c1ccc(C(N)=O)c(C2CC2)c1. The first-order valence-corrected chi connectivity index (χ1v) is 11.7. The monoisotopic (exact) mass is 546 g/mol. The van der Waals surface area contributed by atoms with Crippen LogP contribution in [0.15, 0.2) is 42.5 Å². The molecule has 2 aromatic rings. The van der Waals surface area contributed by atoms with Crippen LogP contribution < -0.4 is 5.73 Å². The molecule has 0 spiro atoms. The van der Waals surface area contributed by atoms with Crippen LogP contribution in [-0.2, 0) is 12.6 Å². The number of thioether (sulfide) groups is 1. The van der Waals surface area contributed by atoms with E-state index < -0.39 is 17.6 Å². The van der Waals surface area contributed by atoms with Gasteiger partial charge in [0, 0.05) is 21.2 Å². The third-order valence-electron chi connectivity index (χ3n) is 4.99. The van der Waals surface area contributed by atoms with Crippen LogP contribution in [0.4, 0.5) is 13.2 Å². The van der Waals surface area contributed by atoms with E-state index in [-0.39, 0.29) is 15.6 Å². The number of amides is 1. The van der Waals surface area contributed by atoms with E-state index >= 15 is 0 Å². The van der Waals surface area contributed by atoms with E-state index in [0.29, 0.717) is 22.1 Å². The van der Waals surface area contributed by atoms with Gasteiger partial charge >= 0.3 is 6.18 Å². The summed E-state index contributed by atoms with van der Waals surface area (Å²) in [4.78, 5) is 11.7. The number of carbonyl (C=O) groups excluding carboxylic acids is 1. The summed E-state index contributed by atoms with van der Waals surface area (Å²) in [6.07, 6.45) is -2.19. The molecule has 2 atom stereocenters. The summed E-state index contributed by atoms with van der Waals surface area (Å²) in [6, 6.07) is 10.8. The van der Waals surface area contributed by atoms with Gasteiger partial charge in [0.05, 0.1) is 10.6 Å². The van der Waals surface area contributed by atoms with Crippen LogP contribution in [0.3, 0.4) is 0 Å². The molecule has 3 nitrogen and oxygen atoms in total. The van der Waals surface area contributed by atoms with Gasteiger partial charge in [-0.25, -0.2) is 0 Å². The lowest BCUT2D eigenvalue weighted by molar-refractivity contribution is -0.137. The van der Waals surface area contributed by atoms with Crippen LogP contribution in [0, 0.1) is 5.41 Å². The molecule has 8 heteroatoms. The van der Waals surface area contributed by atoms with Crippen molar-refractivity contribution in [2.45, 2.75) is 47.5 Å². The second-order valence-electron chi connectivity index (χ2n) is 7.50. The molecule has 3 rings (SSSR count). The van der Waals surface area contributed by atoms with Gasteiger partial charge < -0.3 is 5.73 Å². The Balaban J connectivity index is 1.79.